The Morgan fingerprint density at radius 3 is 2.54 bits per heavy atom. The highest BCUT2D eigenvalue weighted by molar-refractivity contribution is 5.45. The summed E-state index contributed by atoms with van der Waals surface area (Å²) in [5.41, 5.74) is 0.973. The van der Waals surface area contributed by atoms with Crippen LogP contribution in [0, 0.1) is 0 Å². The lowest BCUT2D eigenvalue weighted by atomic mass is 10.1. The van der Waals surface area contributed by atoms with Crippen LogP contribution in [0.25, 0.3) is 0 Å². The number of benzene rings is 1. The van der Waals surface area contributed by atoms with Crippen LogP contribution in [0.1, 0.15) is 5.56 Å². The van der Waals surface area contributed by atoms with Crippen molar-refractivity contribution in [2.45, 2.75) is 12.6 Å². The summed E-state index contributed by atoms with van der Waals surface area (Å²) in [6.07, 6.45) is -5.01. The standard InChI is InChI=1S/C9H10F3N/c1-13-8-4-2-3-7(5-8)6-9(10,11)12/h2-5,13H,6H2,1H3. The highest BCUT2D eigenvalue weighted by Crippen LogP contribution is 2.22. The number of nitrogens with one attached hydrogen (secondary N) is 1. The molecule has 0 aliphatic carbocycles. The summed E-state index contributed by atoms with van der Waals surface area (Å²) in [7, 11) is 1.67. The summed E-state index contributed by atoms with van der Waals surface area (Å²) in [5, 5.41) is 2.79. The summed E-state index contributed by atoms with van der Waals surface area (Å²) < 4.78 is 35.9. The number of hydrogen-bond acceptors (Lipinski definition) is 1. The van der Waals surface area contributed by atoms with Crippen molar-refractivity contribution >= 4 is 5.69 Å². The molecule has 0 aliphatic rings. The van der Waals surface area contributed by atoms with E-state index in [0.29, 0.717) is 5.69 Å². The Morgan fingerprint density at radius 2 is 2.00 bits per heavy atom. The average Bonchev–Trinajstić information content (AvgIpc) is 2.01. The third kappa shape index (κ3) is 3.36. The van der Waals surface area contributed by atoms with Crippen LogP contribution in [0.2, 0.25) is 0 Å². The zero-order valence-corrected chi connectivity index (χ0v) is 7.15. The summed E-state index contributed by atoms with van der Waals surface area (Å²) in [6.45, 7) is 0. The predicted molar refractivity (Wildman–Crippen MR) is 45.7 cm³/mol. The number of anilines is 1. The first-order chi connectivity index (χ1) is 6.01. The lowest BCUT2D eigenvalue weighted by molar-refractivity contribution is -0.127. The SMILES string of the molecule is CNc1cccc(CC(F)(F)F)c1. The van der Waals surface area contributed by atoms with Crippen LogP contribution < -0.4 is 5.32 Å². The highest BCUT2D eigenvalue weighted by Gasteiger charge is 2.27. The van der Waals surface area contributed by atoms with Gasteiger partial charge in [-0.05, 0) is 17.7 Å². The maximum absolute atomic E-state index is 12.0. The molecule has 0 fully saturated rings. The zero-order chi connectivity index (χ0) is 9.90. The Bertz CT molecular complexity index is 280. The monoisotopic (exact) mass is 189 g/mol. The normalized spacial score (nSPS) is 11.4. The molecule has 0 atom stereocenters. The third-order valence-corrected chi connectivity index (χ3v) is 1.62. The van der Waals surface area contributed by atoms with Gasteiger partial charge in [0.05, 0.1) is 6.42 Å². The molecule has 0 spiro atoms. The quantitative estimate of drug-likeness (QED) is 0.754. The largest absolute Gasteiger partial charge is 0.393 e. The van der Waals surface area contributed by atoms with Gasteiger partial charge in [0.2, 0.25) is 0 Å². The Labute approximate surface area is 74.6 Å². The molecule has 1 N–H and O–H groups in total. The third-order valence-electron chi connectivity index (χ3n) is 1.62. The molecule has 4 heteroatoms. The molecule has 0 unspecified atom stereocenters. The molecule has 0 aliphatic heterocycles. The summed E-state index contributed by atoms with van der Waals surface area (Å²) in [6, 6.07) is 6.29. The zero-order valence-electron chi connectivity index (χ0n) is 7.15. The first-order valence-corrected chi connectivity index (χ1v) is 3.85. The summed E-state index contributed by atoms with van der Waals surface area (Å²) in [5.74, 6) is 0. The first kappa shape index (κ1) is 9.89. The topological polar surface area (TPSA) is 12.0 Å². The molecular formula is C9H10F3N. The number of rotatable bonds is 2. The van der Waals surface area contributed by atoms with Gasteiger partial charge in [0, 0.05) is 12.7 Å². The summed E-state index contributed by atoms with van der Waals surface area (Å²) in [4.78, 5) is 0. The van der Waals surface area contributed by atoms with E-state index < -0.39 is 12.6 Å². The van der Waals surface area contributed by atoms with E-state index in [4.69, 9.17) is 0 Å². The molecule has 0 heterocycles. The molecule has 13 heavy (non-hydrogen) atoms. The van der Waals surface area contributed by atoms with E-state index >= 15 is 0 Å². The fourth-order valence-corrected chi connectivity index (χ4v) is 1.07. The molecular weight excluding hydrogens is 179 g/mol. The molecule has 1 rings (SSSR count). The maximum atomic E-state index is 12.0. The van der Waals surface area contributed by atoms with E-state index in [1.807, 2.05) is 0 Å². The van der Waals surface area contributed by atoms with Gasteiger partial charge in [-0.25, -0.2) is 0 Å². The Hall–Kier alpha value is -1.19. The molecule has 0 bridgehead atoms. The van der Waals surface area contributed by atoms with Crippen molar-refractivity contribution in [3.8, 4) is 0 Å². The first-order valence-electron chi connectivity index (χ1n) is 3.85. The van der Waals surface area contributed by atoms with Gasteiger partial charge in [-0.2, -0.15) is 13.2 Å². The van der Waals surface area contributed by atoms with Crippen LogP contribution in [0.3, 0.4) is 0 Å². The van der Waals surface area contributed by atoms with E-state index in [0.717, 1.165) is 0 Å². The Balaban J connectivity index is 2.78. The van der Waals surface area contributed by atoms with Crippen molar-refractivity contribution in [1.29, 1.82) is 0 Å². The number of halogens is 3. The minimum absolute atomic E-state index is 0.277. The Kier molecular flexibility index (Phi) is 2.80. The van der Waals surface area contributed by atoms with Crippen molar-refractivity contribution in [2.75, 3.05) is 12.4 Å². The van der Waals surface area contributed by atoms with Crippen LogP contribution >= 0.6 is 0 Å². The van der Waals surface area contributed by atoms with Crippen molar-refractivity contribution in [2.24, 2.45) is 0 Å². The molecule has 1 aromatic carbocycles. The number of alkyl halides is 3. The van der Waals surface area contributed by atoms with E-state index in [2.05, 4.69) is 5.32 Å². The smallest absolute Gasteiger partial charge is 0.388 e. The van der Waals surface area contributed by atoms with Gasteiger partial charge in [0.25, 0.3) is 0 Å². The molecule has 72 valence electrons. The van der Waals surface area contributed by atoms with Gasteiger partial charge in [-0.3, -0.25) is 0 Å². The second-order valence-corrected chi connectivity index (χ2v) is 2.74. The minimum atomic E-state index is -4.13. The van der Waals surface area contributed by atoms with E-state index in [1.54, 1.807) is 19.2 Å². The van der Waals surface area contributed by atoms with Crippen LogP contribution in [-0.2, 0) is 6.42 Å². The molecule has 0 radical (unpaired) electrons. The van der Waals surface area contributed by atoms with Crippen LogP contribution in [-0.4, -0.2) is 13.2 Å². The minimum Gasteiger partial charge on any atom is -0.388 e. The van der Waals surface area contributed by atoms with Crippen LogP contribution in [0.15, 0.2) is 24.3 Å². The second-order valence-electron chi connectivity index (χ2n) is 2.74. The lowest BCUT2D eigenvalue weighted by Crippen LogP contribution is -2.11. The van der Waals surface area contributed by atoms with Gasteiger partial charge in [-0.1, -0.05) is 12.1 Å². The molecule has 0 aromatic heterocycles. The maximum Gasteiger partial charge on any atom is 0.393 e. The molecule has 1 nitrogen and oxygen atoms in total. The van der Waals surface area contributed by atoms with Crippen molar-refractivity contribution in [1.82, 2.24) is 0 Å². The molecule has 1 aromatic rings. The van der Waals surface area contributed by atoms with E-state index in [-0.39, 0.29) is 5.56 Å². The highest BCUT2D eigenvalue weighted by atomic mass is 19.4. The molecule has 0 saturated carbocycles. The van der Waals surface area contributed by atoms with E-state index in [1.165, 1.54) is 12.1 Å². The molecule has 0 saturated heterocycles. The van der Waals surface area contributed by atoms with Gasteiger partial charge in [0.1, 0.15) is 0 Å². The van der Waals surface area contributed by atoms with Crippen molar-refractivity contribution in [3.63, 3.8) is 0 Å². The van der Waals surface area contributed by atoms with Crippen LogP contribution in [0.5, 0.6) is 0 Å². The Morgan fingerprint density at radius 1 is 1.31 bits per heavy atom. The van der Waals surface area contributed by atoms with E-state index in [9.17, 15) is 13.2 Å². The second kappa shape index (κ2) is 3.68. The van der Waals surface area contributed by atoms with Gasteiger partial charge in [0.15, 0.2) is 0 Å². The van der Waals surface area contributed by atoms with Gasteiger partial charge in [-0.15, -0.1) is 0 Å². The van der Waals surface area contributed by atoms with Crippen molar-refractivity contribution in [3.05, 3.63) is 29.8 Å². The van der Waals surface area contributed by atoms with Crippen molar-refractivity contribution < 1.29 is 13.2 Å². The predicted octanol–water partition coefficient (Wildman–Crippen LogP) is 2.83. The molecule has 0 amide bonds. The average molecular weight is 189 g/mol. The van der Waals surface area contributed by atoms with Gasteiger partial charge >= 0.3 is 6.18 Å². The number of hydrogen-bond donors (Lipinski definition) is 1. The fourth-order valence-electron chi connectivity index (χ4n) is 1.07. The van der Waals surface area contributed by atoms with Gasteiger partial charge < -0.3 is 5.32 Å². The fraction of sp³-hybridized carbons (Fsp3) is 0.333. The van der Waals surface area contributed by atoms with Crippen LogP contribution in [0.4, 0.5) is 18.9 Å². The lowest BCUT2D eigenvalue weighted by Gasteiger charge is -2.07. The summed E-state index contributed by atoms with van der Waals surface area (Å²) >= 11 is 0.